The maximum absolute atomic E-state index is 6.07. The van der Waals surface area contributed by atoms with E-state index in [4.69, 9.17) is 9.15 Å². The summed E-state index contributed by atoms with van der Waals surface area (Å²) in [6.07, 6.45) is 7.57. The molecule has 5 nitrogen and oxygen atoms in total. The van der Waals surface area contributed by atoms with E-state index >= 15 is 0 Å². The van der Waals surface area contributed by atoms with Crippen molar-refractivity contribution in [2.75, 3.05) is 13.2 Å². The first kappa shape index (κ1) is 18.5. The minimum Gasteiger partial charge on any atom is -0.419 e. The molecule has 4 heterocycles. The molecule has 1 aliphatic carbocycles. The molecular formula is C21H25N3O2S2. The Hall–Kier alpha value is -1.54. The smallest absolute Gasteiger partial charge is 0.257 e. The zero-order valence-electron chi connectivity index (χ0n) is 15.9. The Balaban J connectivity index is 1.30. The summed E-state index contributed by atoms with van der Waals surface area (Å²) < 4.78 is 11.9. The first-order chi connectivity index (χ1) is 13.8. The third kappa shape index (κ3) is 4.22. The van der Waals surface area contributed by atoms with Gasteiger partial charge in [-0.25, -0.2) is 0 Å². The van der Waals surface area contributed by atoms with Crippen LogP contribution < -0.4 is 0 Å². The Morgan fingerprint density at radius 1 is 1.14 bits per heavy atom. The van der Waals surface area contributed by atoms with Crippen LogP contribution in [0.5, 0.6) is 0 Å². The average molecular weight is 416 g/mol. The number of aromatic nitrogens is 2. The van der Waals surface area contributed by atoms with Crippen LogP contribution in [0.2, 0.25) is 0 Å². The van der Waals surface area contributed by atoms with Crippen LogP contribution in [0.1, 0.15) is 46.9 Å². The molecule has 1 atom stereocenters. The van der Waals surface area contributed by atoms with Gasteiger partial charge in [-0.15, -0.1) is 32.9 Å². The van der Waals surface area contributed by atoms with E-state index < -0.39 is 0 Å². The predicted molar refractivity (Wildman–Crippen MR) is 112 cm³/mol. The predicted octanol–water partition coefficient (Wildman–Crippen LogP) is 4.92. The highest BCUT2D eigenvalue weighted by Gasteiger charge is 2.22. The van der Waals surface area contributed by atoms with Gasteiger partial charge in [-0.3, -0.25) is 4.90 Å². The zero-order valence-corrected chi connectivity index (χ0v) is 17.6. The molecule has 0 spiro atoms. The summed E-state index contributed by atoms with van der Waals surface area (Å²) in [6, 6.07) is 6.54. The van der Waals surface area contributed by atoms with E-state index in [1.165, 1.54) is 41.0 Å². The highest BCUT2D eigenvalue weighted by Crippen LogP contribution is 2.35. The van der Waals surface area contributed by atoms with Gasteiger partial charge in [0.1, 0.15) is 0 Å². The van der Waals surface area contributed by atoms with Crippen LogP contribution in [0.15, 0.2) is 28.0 Å². The maximum atomic E-state index is 6.07. The number of aryl methyl sites for hydroxylation is 2. The van der Waals surface area contributed by atoms with Crippen molar-refractivity contribution in [1.82, 2.24) is 15.1 Å². The van der Waals surface area contributed by atoms with Crippen molar-refractivity contribution in [3.8, 4) is 10.8 Å². The molecule has 3 aromatic heterocycles. The topological polar surface area (TPSA) is 51.4 Å². The summed E-state index contributed by atoms with van der Waals surface area (Å²) in [4.78, 5) is 6.34. The van der Waals surface area contributed by atoms with E-state index in [0.29, 0.717) is 24.4 Å². The van der Waals surface area contributed by atoms with Crippen LogP contribution in [0.3, 0.4) is 0 Å². The molecule has 3 aromatic rings. The highest BCUT2D eigenvalue weighted by molar-refractivity contribution is 7.15. The quantitative estimate of drug-likeness (QED) is 0.548. The molecule has 0 aromatic carbocycles. The van der Waals surface area contributed by atoms with E-state index in [1.807, 2.05) is 11.3 Å². The Bertz CT molecular complexity index is 873. The van der Waals surface area contributed by atoms with Gasteiger partial charge in [-0.1, -0.05) is 6.07 Å². The molecule has 0 saturated carbocycles. The third-order valence-corrected chi connectivity index (χ3v) is 7.56. The largest absolute Gasteiger partial charge is 0.419 e. The first-order valence-corrected chi connectivity index (χ1v) is 11.8. The summed E-state index contributed by atoms with van der Waals surface area (Å²) in [5.74, 6) is 1.36. The minimum atomic E-state index is 0.311. The zero-order chi connectivity index (χ0) is 18.8. The summed E-state index contributed by atoms with van der Waals surface area (Å²) in [5.41, 5.74) is 1.48. The van der Waals surface area contributed by atoms with Crippen LogP contribution in [-0.2, 0) is 30.7 Å². The lowest BCUT2D eigenvalue weighted by Crippen LogP contribution is -2.31. The number of hydrogen-bond donors (Lipinski definition) is 0. The molecule has 28 heavy (non-hydrogen) atoms. The lowest BCUT2D eigenvalue weighted by molar-refractivity contribution is 0.0653. The van der Waals surface area contributed by atoms with Gasteiger partial charge in [0.05, 0.1) is 17.5 Å². The standard InChI is InChI=1S/C21H25N3O2S2/c1-2-8-18-15(5-1)11-19(28-18)21-23-22-20(26-21)14-24(12-16-6-3-9-25-16)13-17-7-4-10-27-17/h4,7,10-11,16H,1-3,5-6,8-9,12-14H2. The van der Waals surface area contributed by atoms with E-state index in [2.05, 4.69) is 38.7 Å². The molecule has 1 fully saturated rings. The van der Waals surface area contributed by atoms with Gasteiger partial charge in [0.2, 0.25) is 5.89 Å². The molecule has 148 valence electrons. The van der Waals surface area contributed by atoms with Crippen molar-refractivity contribution in [2.24, 2.45) is 0 Å². The van der Waals surface area contributed by atoms with E-state index in [1.54, 1.807) is 11.3 Å². The van der Waals surface area contributed by atoms with Crippen molar-refractivity contribution in [2.45, 2.75) is 57.7 Å². The first-order valence-electron chi connectivity index (χ1n) is 10.1. The molecule has 2 aliphatic rings. The van der Waals surface area contributed by atoms with Crippen LogP contribution in [0, 0.1) is 0 Å². The number of rotatable bonds is 7. The molecule has 1 aliphatic heterocycles. The Morgan fingerprint density at radius 3 is 2.93 bits per heavy atom. The average Bonchev–Trinajstić information content (AvgIpc) is 3.49. The van der Waals surface area contributed by atoms with Gasteiger partial charge >= 0.3 is 0 Å². The third-order valence-electron chi connectivity index (χ3n) is 5.48. The molecule has 1 unspecified atom stereocenters. The molecule has 0 bridgehead atoms. The Morgan fingerprint density at radius 2 is 2.11 bits per heavy atom. The monoisotopic (exact) mass is 415 g/mol. The highest BCUT2D eigenvalue weighted by atomic mass is 32.1. The van der Waals surface area contributed by atoms with Crippen molar-refractivity contribution < 1.29 is 9.15 Å². The molecule has 0 radical (unpaired) electrons. The number of hydrogen-bond acceptors (Lipinski definition) is 7. The fraction of sp³-hybridized carbons (Fsp3) is 0.524. The van der Waals surface area contributed by atoms with E-state index in [-0.39, 0.29) is 0 Å². The molecule has 0 N–H and O–H groups in total. The fourth-order valence-electron chi connectivity index (χ4n) is 4.09. The van der Waals surface area contributed by atoms with Crippen molar-refractivity contribution >= 4 is 22.7 Å². The molecule has 7 heteroatoms. The van der Waals surface area contributed by atoms with Crippen molar-refractivity contribution in [3.63, 3.8) is 0 Å². The van der Waals surface area contributed by atoms with Gasteiger partial charge in [-0.05, 0) is 61.6 Å². The Labute approximate surface area is 173 Å². The van der Waals surface area contributed by atoms with Gasteiger partial charge in [0, 0.05) is 29.5 Å². The number of ether oxygens (including phenoxy) is 1. The number of nitrogens with zero attached hydrogens (tertiary/aromatic N) is 3. The number of thiophene rings is 2. The normalized spacial score (nSPS) is 19.4. The van der Waals surface area contributed by atoms with E-state index in [0.717, 1.165) is 37.4 Å². The SMILES string of the molecule is c1csc(CN(Cc2nnc(-c3cc4c(s3)CCCC4)o2)CC2CCCO2)c1. The van der Waals surface area contributed by atoms with Gasteiger partial charge in [0.15, 0.2) is 0 Å². The second-order valence-corrected chi connectivity index (χ2v) is 9.82. The summed E-state index contributed by atoms with van der Waals surface area (Å²) in [7, 11) is 0. The molecule has 1 saturated heterocycles. The minimum absolute atomic E-state index is 0.311. The second kappa shape index (κ2) is 8.45. The van der Waals surface area contributed by atoms with Crippen molar-refractivity contribution in [1.29, 1.82) is 0 Å². The second-order valence-electron chi connectivity index (χ2n) is 7.65. The molecular weight excluding hydrogens is 390 g/mol. The van der Waals surface area contributed by atoms with Crippen LogP contribution in [-0.4, -0.2) is 34.4 Å². The van der Waals surface area contributed by atoms with Crippen molar-refractivity contribution in [3.05, 3.63) is 44.8 Å². The van der Waals surface area contributed by atoms with Crippen LogP contribution >= 0.6 is 22.7 Å². The van der Waals surface area contributed by atoms with Crippen LogP contribution in [0.4, 0.5) is 0 Å². The van der Waals surface area contributed by atoms with Gasteiger partial charge in [0.25, 0.3) is 5.89 Å². The fourth-order valence-corrected chi connectivity index (χ4v) is 6.01. The maximum Gasteiger partial charge on any atom is 0.257 e. The molecule has 5 rings (SSSR count). The van der Waals surface area contributed by atoms with E-state index in [9.17, 15) is 0 Å². The van der Waals surface area contributed by atoms with Crippen LogP contribution in [0.25, 0.3) is 10.8 Å². The molecule has 0 amide bonds. The summed E-state index contributed by atoms with van der Waals surface area (Å²) in [6.45, 7) is 3.34. The lowest BCUT2D eigenvalue weighted by Gasteiger charge is -2.23. The summed E-state index contributed by atoms with van der Waals surface area (Å²) >= 11 is 3.61. The number of fused-ring (bicyclic) bond motifs is 1. The lowest BCUT2D eigenvalue weighted by atomic mass is 9.99. The Kier molecular flexibility index (Phi) is 5.58. The summed E-state index contributed by atoms with van der Waals surface area (Å²) in [5, 5.41) is 10.8. The van der Waals surface area contributed by atoms with Gasteiger partial charge < -0.3 is 9.15 Å². The van der Waals surface area contributed by atoms with Gasteiger partial charge in [-0.2, -0.15) is 0 Å².